The average molecular weight is 371 g/mol. The van der Waals surface area contributed by atoms with Crippen molar-refractivity contribution in [2.24, 2.45) is 10.7 Å². The zero-order valence-corrected chi connectivity index (χ0v) is 13.5. The van der Waals surface area contributed by atoms with E-state index >= 15 is 0 Å². The summed E-state index contributed by atoms with van der Waals surface area (Å²) in [6.07, 6.45) is 6.36. The van der Waals surface area contributed by atoms with Crippen molar-refractivity contribution in [1.82, 2.24) is 5.32 Å². The van der Waals surface area contributed by atoms with Gasteiger partial charge >= 0.3 is 0 Å². The van der Waals surface area contributed by atoms with Crippen LogP contribution in [0.4, 0.5) is 0 Å². The Kier molecular flexibility index (Phi) is 11.9. The average Bonchev–Trinajstić information content (AvgIpc) is 2.35. The molecule has 3 N–H and O–H groups in total. The molecule has 0 aliphatic heterocycles. The van der Waals surface area contributed by atoms with Crippen LogP contribution in [0.2, 0.25) is 0 Å². The molecule has 1 rings (SSSR count). The van der Waals surface area contributed by atoms with Crippen LogP contribution in [0.25, 0.3) is 0 Å². The molecule has 6 heteroatoms. The Morgan fingerprint density at radius 1 is 1.22 bits per heavy atom. The number of methoxy groups -OCH3 is 1. The van der Waals surface area contributed by atoms with Gasteiger partial charge in [-0.3, -0.25) is 4.99 Å². The number of hydrogen-bond acceptors (Lipinski definition) is 3. The molecule has 0 bridgehead atoms. The summed E-state index contributed by atoms with van der Waals surface area (Å²) in [4.78, 5) is 4.23. The Labute approximate surface area is 127 Å². The molecule has 0 aromatic heterocycles. The Morgan fingerprint density at radius 2 is 1.94 bits per heavy atom. The normalized spacial score (nSPS) is 17.3. The molecule has 0 radical (unpaired) electrons. The summed E-state index contributed by atoms with van der Waals surface area (Å²) in [5, 5.41) is 3.27. The maximum atomic E-state index is 5.80. The van der Waals surface area contributed by atoms with E-state index in [1.807, 2.05) is 0 Å². The summed E-state index contributed by atoms with van der Waals surface area (Å²) >= 11 is 0. The van der Waals surface area contributed by atoms with Gasteiger partial charge in [-0.15, -0.1) is 24.0 Å². The summed E-state index contributed by atoms with van der Waals surface area (Å²) < 4.78 is 10.2. The fraction of sp³-hybridized carbons (Fsp3) is 0.917. The molecule has 0 unspecified atom stereocenters. The molecule has 0 aromatic carbocycles. The van der Waals surface area contributed by atoms with Crippen LogP contribution in [-0.4, -0.2) is 45.5 Å². The third-order valence-corrected chi connectivity index (χ3v) is 2.91. The van der Waals surface area contributed by atoms with Gasteiger partial charge in [-0.1, -0.05) is 19.3 Å². The molecular formula is C12H26IN3O2. The van der Waals surface area contributed by atoms with Gasteiger partial charge < -0.3 is 20.5 Å². The van der Waals surface area contributed by atoms with Crippen molar-refractivity contribution < 1.29 is 9.47 Å². The highest BCUT2D eigenvalue weighted by Gasteiger charge is 2.12. The van der Waals surface area contributed by atoms with E-state index < -0.39 is 0 Å². The molecule has 1 aliphatic rings. The lowest BCUT2D eigenvalue weighted by Crippen LogP contribution is -2.41. The quantitative estimate of drug-likeness (QED) is 0.308. The summed E-state index contributed by atoms with van der Waals surface area (Å²) in [7, 11) is 1.66. The van der Waals surface area contributed by atoms with Crippen molar-refractivity contribution in [3.05, 3.63) is 0 Å². The number of hydrogen-bond donors (Lipinski definition) is 2. The zero-order chi connectivity index (χ0) is 12.3. The lowest BCUT2D eigenvalue weighted by atomic mass is 9.96. The van der Waals surface area contributed by atoms with Crippen LogP contribution < -0.4 is 11.1 Å². The molecule has 5 nitrogen and oxygen atoms in total. The van der Waals surface area contributed by atoms with E-state index in [0.29, 0.717) is 38.4 Å². The lowest BCUT2D eigenvalue weighted by molar-refractivity contribution is 0.0748. The van der Waals surface area contributed by atoms with Gasteiger partial charge in [-0.2, -0.15) is 0 Å². The molecule has 0 aromatic rings. The standard InChI is InChI=1S/C12H25N3O2.HI/c1-16-9-10-17-8-7-14-12(13)15-11-5-3-2-4-6-11;/h11H,2-10H2,1H3,(H3,13,14,15);1H. The Balaban J connectivity index is 0.00000289. The molecule has 0 heterocycles. The van der Waals surface area contributed by atoms with E-state index in [1.165, 1.54) is 32.1 Å². The van der Waals surface area contributed by atoms with Crippen LogP contribution in [-0.2, 0) is 9.47 Å². The minimum absolute atomic E-state index is 0. The van der Waals surface area contributed by atoms with Crippen molar-refractivity contribution in [1.29, 1.82) is 0 Å². The first-order valence-electron chi connectivity index (χ1n) is 6.46. The van der Waals surface area contributed by atoms with Gasteiger partial charge in [0.15, 0.2) is 5.96 Å². The van der Waals surface area contributed by atoms with Crippen LogP contribution in [0.1, 0.15) is 32.1 Å². The molecular weight excluding hydrogens is 345 g/mol. The van der Waals surface area contributed by atoms with Gasteiger partial charge in [0.2, 0.25) is 0 Å². The fourth-order valence-electron chi connectivity index (χ4n) is 1.98. The number of ether oxygens (including phenoxy) is 2. The highest BCUT2D eigenvalue weighted by Crippen LogP contribution is 2.16. The van der Waals surface area contributed by atoms with Gasteiger partial charge in [0, 0.05) is 13.2 Å². The second-order valence-corrected chi connectivity index (χ2v) is 4.35. The van der Waals surface area contributed by atoms with E-state index in [4.69, 9.17) is 15.2 Å². The highest BCUT2D eigenvalue weighted by molar-refractivity contribution is 14.0. The van der Waals surface area contributed by atoms with Crippen LogP contribution in [0.5, 0.6) is 0 Å². The molecule has 0 atom stereocenters. The number of nitrogens with one attached hydrogen (secondary N) is 1. The first-order valence-corrected chi connectivity index (χ1v) is 6.46. The third kappa shape index (κ3) is 8.93. The highest BCUT2D eigenvalue weighted by atomic mass is 127. The largest absolute Gasteiger partial charge is 0.382 e. The summed E-state index contributed by atoms with van der Waals surface area (Å²) in [6.45, 7) is 2.44. The number of halogens is 1. The van der Waals surface area contributed by atoms with E-state index in [1.54, 1.807) is 7.11 Å². The minimum atomic E-state index is 0. The Morgan fingerprint density at radius 3 is 2.61 bits per heavy atom. The van der Waals surface area contributed by atoms with E-state index in [-0.39, 0.29) is 24.0 Å². The second-order valence-electron chi connectivity index (χ2n) is 4.35. The Hall–Kier alpha value is -0.0800. The van der Waals surface area contributed by atoms with Crippen molar-refractivity contribution >= 4 is 29.9 Å². The molecule has 108 valence electrons. The van der Waals surface area contributed by atoms with Gasteiger partial charge in [0.1, 0.15) is 0 Å². The number of guanidine groups is 1. The number of nitrogens with zero attached hydrogens (tertiary/aromatic N) is 1. The first kappa shape index (κ1) is 17.9. The van der Waals surface area contributed by atoms with Crippen molar-refractivity contribution in [2.75, 3.05) is 33.5 Å². The van der Waals surface area contributed by atoms with Gasteiger partial charge in [0.05, 0.1) is 26.4 Å². The molecule has 1 saturated carbocycles. The van der Waals surface area contributed by atoms with Crippen LogP contribution in [0.15, 0.2) is 4.99 Å². The van der Waals surface area contributed by atoms with Crippen LogP contribution >= 0.6 is 24.0 Å². The molecule has 1 aliphatic carbocycles. The van der Waals surface area contributed by atoms with Crippen LogP contribution in [0.3, 0.4) is 0 Å². The molecule has 0 spiro atoms. The smallest absolute Gasteiger partial charge is 0.188 e. The third-order valence-electron chi connectivity index (χ3n) is 2.91. The van der Waals surface area contributed by atoms with Crippen molar-refractivity contribution in [2.45, 2.75) is 38.1 Å². The molecule has 0 saturated heterocycles. The predicted molar refractivity (Wildman–Crippen MR) is 84.6 cm³/mol. The maximum absolute atomic E-state index is 5.80. The van der Waals surface area contributed by atoms with Crippen molar-refractivity contribution in [3.8, 4) is 0 Å². The maximum Gasteiger partial charge on any atom is 0.188 e. The summed E-state index contributed by atoms with van der Waals surface area (Å²) in [5.41, 5.74) is 5.80. The summed E-state index contributed by atoms with van der Waals surface area (Å²) in [5.74, 6) is 0.548. The molecule has 0 amide bonds. The SMILES string of the molecule is COCCOCCN=C(N)NC1CCCCC1.I. The second kappa shape index (κ2) is 12.0. The minimum Gasteiger partial charge on any atom is -0.382 e. The van der Waals surface area contributed by atoms with Crippen LogP contribution in [0, 0.1) is 0 Å². The number of rotatable bonds is 7. The first-order chi connectivity index (χ1) is 8.33. The Bertz CT molecular complexity index is 221. The van der Waals surface area contributed by atoms with E-state index in [0.717, 1.165) is 0 Å². The van der Waals surface area contributed by atoms with Gasteiger partial charge in [-0.25, -0.2) is 0 Å². The van der Waals surface area contributed by atoms with E-state index in [2.05, 4.69) is 10.3 Å². The summed E-state index contributed by atoms with van der Waals surface area (Å²) in [6, 6.07) is 0.516. The predicted octanol–water partition coefficient (Wildman–Crippen LogP) is 1.50. The monoisotopic (exact) mass is 371 g/mol. The number of aliphatic imine (C=N–C) groups is 1. The van der Waals surface area contributed by atoms with Gasteiger partial charge in [0.25, 0.3) is 0 Å². The van der Waals surface area contributed by atoms with Gasteiger partial charge in [-0.05, 0) is 12.8 Å². The lowest BCUT2D eigenvalue weighted by Gasteiger charge is -2.23. The zero-order valence-electron chi connectivity index (χ0n) is 11.2. The van der Waals surface area contributed by atoms with E-state index in [9.17, 15) is 0 Å². The molecule has 18 heavy (non-hydrogen) atoms. The topological polar surface area (TPSA) is 68.9 Å². The fourth-order valence-corrected chi connectivity index (χ4v) is 1.98. The number of nitrogens with two attached hydrogens (primary N) is 1. The van der Waals surface area contributed by atoms with Crippen molar-refractivity contribution in [3.63, 3.8) is 0 Å². The molecule has 1 fully saturated rings.